The highest BCUT2D eigenvalue weighted by atomic mass is 16.3. The Morgan fingerprint density at radius 3 is 1.74 bits per heavy atom. The van der Waals surface area contributed by atoms with Crippen LogP contribution in [0.15, 0.2) is 173 Å². The number of para-hydroxylation sites is 2. The van der Waals surface area contributed by atoms with Crippen molar-refractivity contribution in [2.75, 3.05) is 0 Å². The molecule has 0 aliphatic rings. The van der Waals surface area contributed by atoms with Crippen LogP contribution in [-0.4, -0.2) is 15.0 Å². The second-order valence-electron chi connectivity index (χ2n) is 12.4. The summed E-state index contributed by atoms with van der Waals surface area (Å²) < 4.78 is 12.9. The van der Waals surface area contributed by atoms with E-state index < -0.39 is 0 Å². The molecule has 0 saturated heterocycles. The number of pyridine rings is 1. The molecule has 0 bridgehead atoms. The summed E-state index contributed by atoms with van der Waals surface area (Å²) in [5, 5.41) is 4.19. The number of hydrogen-bond acceptors (Lipinski definition) is 5. The second-order valence-corrected chi connectivity index (χ2v) is 12.4. The Hall–Kier alpha value is -6.85. The van der Waals surface area contributed by atoms with E-state index in [1.807, 2.05) is 79.1 Å². The molecule has 5 nitrogen and oxygen atoms in total. The van der Waals surface area contributed by atoms with Gasteiger partial charge in [0.2, 0.25) is 0 Å². The predicted octanol–water partition coefficient (Wildman–Crippen LogP) is 12.0. The Kier molecular flexibility index (Phi) is 6.42. The van der Waals surface area contributed by atoms with E-state index in [0.29, 0.717) is 5.82 Å². The van der Waals surface area contributed by atoms with Gasteiger partial charge in [-0.05, 0) is 71.3 Å². The molecule has 234 valence electrons. The molecule has 6 aromatic carbocycles. The van der Waals surface area contributed by atoms with Crippen molar-refractivity contribution < 1.29 is 8.83 Å². The maximum atomic E-state index is 6.67. The molecule has 0 fully saturated rings. The van der Waals surface area contributed by atoms with E-state index in [2.05, 4.69) is 89.9 Å². The number of furan rings is 2. The first kappa shape index (κ1) is 28.2. The van der Waals surface area contributed by atoms with Crippen LogP contribution < -0.4 is 0 Å². The molecule has 0 amide bonds. The number of benzene rings is 6. The Balaban J connectivity index is 1.17. The number of rotatable bonds is 5. The summed E-state index contributed by atoms with van der Waals surface area (Å²) in [5.41, 5.74) is 12.2. The minimum atomic E-state index is 0.635. The van der Waals surface area contributed by atoms with Crippen LogP contribution in [0.5, 0.6) is 0 Å². The first-order chi connectivity index (χ1) is 24.8. The molecular formula is C45H27N3O2. The van der Waals surface area contributed by atoms with Crippen molar-refractivity contribution in [3.63, 3.8) is 0 Å². The largest absolute Gasteiger partial charge is 0.456 e. The minimum Gasteiger partial charge on any atom is -0.456 e. The lowest BCUT2D eigenvalue weighted by Crippen LogP contribution is -1.97. The summed E-state index contributed by atoms with van der Waals surface area (Å²) in [6, 6.07) is 51.8. The molecule has 0 spiro atoms. The maximum absolute atomic E-state index is 6.67. The van der Waals surface area contributed by atoms with Gasteiger partial charge in [-0.15, -0.1) is 0 Å². The van der Waals surface area contributed by atoms with Crippen LogP contribution in [0.2, 0.25) is 0 Å². The van der Waals surface area contributed by atoms with Crippen LogP contribution in [0.25, 0.3) is 100 Å². The molecule has 50 heavy (non-hydrogen) atoms. The smallest absolute Gasteiger partial charge is 0.161 e. The molecule has 0 aliphatic heterocycles. The van der Waals surface area contributed by atoms with Gasteiger partial charge in [-0.1, -0.05) is 97.1 Å². The van der Waals surface area contributed by atoms with E-state index in [4.69, 9.17) is 18.8 Å². The first-order valence-corrected chi connectivity index (χ1v) is 16.6. The van der Waals surface area contributed by atoms with Gasteiger partial charge in [0, 0.05) is 56.2 Å². The number of nitrogens with zero attached hydrogens (tertiary/aromatic N) is 3. The molecule has 4 heterocycles. The third kappa shape index (κ3) is 4.67. The standard InChI is InChI=1S/C45H27N3O2/c1-2-8-30(9-3-1)38-27-39(31-16-14-28(15-17-31)29-22-24-46-25-23-29)48-45(47-38)37-21-20-33(44-43(37)36-11-5-7-13-41(36)50-44)32-18-19-35-34-10-4-6-12-40(34)49-42(35)26-32/h1-27H. The van der Waals surface area contributed by atoms with Gasteiger partial charge < -0.3 is 8.83 Å². The molecular weight excluding hydrogens is 615 g/mol. The molecule has 10 aromatic rings. The zero-order valence-corrected chi connectivity index (χ0v) is 26.7. The molecule has 4 aromatic heterocycles. The van der Waals surface area contributed by atoms with Gasteiger partial charge in [0.15, 0.2) is 5.82 Å². The van der Waals surface area contributed by atoms with Crippen molar-refractivity contribution in [2.45, 2.75) is 0 Å². The molecule has 10 rings (SSSR count). The van der Waals surface area contributed by atoms with Crippen molar-refractivity contribution in [2.24, 2.45) is 0 Å². The molecule has 5 heteroatoms. The molecule has 0 radical (unpaired) electrons. The number of hydrogen-bond donors (Lipinski definition) is 0. The highest BCUT2D eigenvalue weighted by Crippen LogP contribution is 2.43. The lowest BCUT2D eigenvalue weighted by atomic mass is 9.97. The predicted molar refractivity (Wildman–Crippen MR) is 202 cm³/mol. The quantitative estimate of drug-likeness (QED) is 0.187. The van der Waals surface area contributed by atoms with Crippen molar-refractivity contribution in [3.05, 3.63) is 164 Å². The fraction of sp³-hybridized carbons (Fsp3) is 0. The summed E-state index contributed by atoms with van der Waals surface area (Å²) in [7, 11) is 0. The minimum absolute atomic E-state index is 0.635. The van der Waals surface area contributed by atoms with Crippen molar-refractivity contribution >= 4 is 43.9 Å². The Labute approximate surface area is 287 Å². The lowest BCUT2D eigenvalue weighted by Gasteiger charge is -2.12. The van der Waals surface area contributed by atoms with E-state index in [-0.39, 0.29) is 0 Å². The summed E-state index contributed by atoms with van der Waals surface area (Å²) in [6.07, 6.45) is 3.63. The zero-order valence-electron chi connectivity index (χ0n) is 26.7. The third-order valence-corrected chi connectivity index (χ3v) is 9.45. The Morgan fingerprint density at radius 2 is 0.960 bits per heavy atom. The Morgan fingerprint density at radius 1 is 0.380 bits per heavy atom. The van der Waals surface area contributed by atoms with Crippen LogP contribution in [0.4, 0.5) is 0 Å². The monoisotopic (exact) mass is 641 g/mol. The highest BCUT2D eigenvalue weighted by Gasteiger charge is 2.21. The van der Waals surface area contributed by atoms with Gasteiger partial charge in [0.05, 0.1) is 11.4 Å². The van der Waals surface area contributed by atoms with Gasteiger partial charge in [-0.2, -0.15) is 0 Å². The summed E-state index contributed by atoms with van der Waals surface area (Å²) in [5.74, 6) is 0.635. The average Bonchev–Trinajstić information content (AvgIpc) is 3.77. The van der Waals surface area contributed by atoms with E-state index >= 15 is 0 Å². The average molecular weight is 642 g/mol. The molecule has 0 unspecified atom stereocenters. The second kappa shape index (κ2) is 11.4. The zero-order chi connectivity index (χ0) is 33.0. The van der Waals surface area contributed by atoms with Crippen LogP contribution in [0, 0.1) is 0 Å². The van der Waals surface area contributed by atoms with Gasteiger partial charge in [0.25, 0.3) is 0 Å². The van der Waals surface area contributed by atoms with Crippen LogP contribution in [0.1, 0.15) is 0 Å². The Bertz CT molecular complexity index is 2850. The topological polar surface area (TPSA) is 65.0 Å². The van der Waals surface area contributed by atoms with Gasteiger partial charge in [-0.25, -0.2) is 9.97 Å². The molecule has 0 atom stereocenters. The van der Waals surface area contributed by atoms with Crippen LogP contribution in [0.3, 0.4) is 0 Å². The van der Waals surface area contributed by atoms with E-state index in [1.165, 1.54) is 0 Å². The normalized spacial score (nSPS) is 11.6. The fourth-order valence-corrected chi connectivity index (χ4v) is 6.99. The number of aromatic nitrogens is 3. The third-order valence-electron chi connectivity index (χ3n) is 9.45. The first-order valence-electron chi connectivity index (χ1n) is 16.6. The molecule has 0 saturated carbocycles. The van der Waals surface area contributed by atoms with Crippen molar-refractivity contribution in [1.82, 2.24) is 15.0 Å². The SMILES string of the molecule is c1ccc(-c2cc(-c3ccc(-c4ccncc4)cc3)nc(-c3ccc(-c4ccc5c(c4)oc4ccccc45)c4oc5ccccc5c34)n2)cc1. The summed E-state index contributed by atoms with van der Waals surface area (Å²) in [4.78, 5) is 14.6. The van der Waals surface area contributed by atoms with E-state index in [1.54, 1.807) is 0 Å². The van der Waals surface area contributed by atoms with Gasteiger partial charge in [-0.3, -0.25) is 4.98 Å². The van der Waals surface area contributed by atoms with Crippen molar-refractivity contribution in [3.8, 4) is 56.2 Å². The highest BCUT2D eigenvalue weighted by molar-refractivity contribution is 6.16. The summed E-state index contributed by atoms with van der Waals surface area (Å²) in [6.45, 7) is 0. The van der Waals surface area contributed by atoms with Crippen LogP contribution >= 0.6 is 0 Å². The van der Waals surface area contributed by atoms with Crippen molar-refractivity contribution in [1.29, 1.82) is 0 Å². The fourth-order valence-electron chi connectivity index (χ4n) is 6.99. The van der Waals surface area contributed by atoms with Gasteiger partial charge >= 0.3 is 0 Å². The van der Waals surface area contributed by atoms with Crippen LogP contribution in [-0.2, 0) is 0 Å². The van der Waals surface area contributed by atoms with E-state index in [0.717, 1.165) is 94.2 Å². The molecule has 0 N–H and O–H groups in total. The lowest BCUT2D eigenvalue weighted by molar-refractivity contribution is 0.668. The number of fused-ring (bicyclic) bond motifs is 6. The maximum Gasteiger partial charge on any atom is 0.161 e. The molecule has 0 aliphatic carbocycles. The van der Waals surface area contributed by atoms with Gasteiger partial charge in [0.1, 0.15) is 22.3 Å². The van der Waals surface area contributed by atoms with E-state index in [9.17, 15) is 0 Å². The summed E-state index contributed by atoms with van der Waals surface area (Å²) >= 11 is 0.